The molecule has 0 unspecified atom stereocenters. The highest BCUT2D eigenvalue weighted by atomic mass is 32.1. The van der Waals surface area contributed by atoms with E-state index in [4.69, 9.17) is 0 Å². The number of amides is 3. The van der Waals surface area contributed by atoms with Crippen LogP contribution in [-0.2, 0) is 33.8 Å². The van der Waals surface area contributed by atoms with E-state index in [0.29, 0.717) is 25.9 Å². The Hall–Kier alpha value is -2.78. The number of carbonyl (C=O) groups excluding carboxylic acids is 3. The summed E-state index contributed by atoms with van der Waals surface area (Å²) in [5.74, 6) is -0.0454. The molecule has 0 aliphatic carbocycles. The summed E-state index contributed by atoms with van der Waals surface area (Å²) < 4.78 is 0. The van der Waals surface area contributed by atoms with Crippen LogP contribution in [0.15, 0.2) is 29.8 Å². The van der Waals surface area contributed by atoms with Crippen molar-refractivity contribution >= 4 is 34.7 Å². The van der Waals surface area contributed by atoms with Gasteiger partial charge < -0.3 is 16.0 Å². The molecule has 0 fully saturated rings. The van der Waals surface area contributed by atoms with Gasteiger partial charge in [-0.2, -0.15) is 0 Å². The lowest BCUT2D eigenvalue weighted by molar-refractivity contribution is -0.127. The van der Waals surface area contributed by atoms with E-state index in [-0.39, 0.29) is 29.7 Å². The van der Waals surface area contributed by atoms with E-state index in [0.717, 1.165) is 34.7 Å². The Morgan fingerprint density at radius 1 is 1.29 bits per heavy atom. The van der Waals surface area contributed by atoms with Gasteiger partial charge in [0, 0.05) is 37.5 Å². The zero-order valence-corrected chi connectivity index (χ0v) is 20.8. The average molecular weight is 484 g/mol. The minimum Gasteiger partial charge on any atom is -0.352 e. The maximum absolute atomic E-state index is 13.8. The Labute approximate surface area is 204 Å². The summed E-state index contributed by atoms with van der Waals surface area (Å²) in [7, 11) is 0. The van der Waals surface area contributed by atoms with Gasteiger partial charge in [-0.05, 0) is 29.9 Å². The number of anilines is 1. The Morgan fingerprint density at radius 2 is 2.09 bits per heavy atom. The fraction of sp³-hybridized carbons (Fsp3) is 0.520. The number of hydrogen-bond acceptors (Lipinski definition) is 6. The number of aromatic nitrogens is 1. The molecule has 1 aromatic heterocycles. The van der Waals surface area contributed by atoms with Crippen LogP contribution in [0.5, 0.6) is 0 Å². The summed E-state index contributed by atoms with van der Waals surface area (Å²) in [6, 6.07) is 5.01. The average Bonchev–Trinajstić information content (AvgIpc) is 3.45. The maximum atomic E-state index is 13.8. The molecular weight excluding hydrogens is 450 g/mol. The number of benzene rings is 1. The number of nitrogens with zero attached hydrogens (tertiary/aromatic N) is 2. The largest absolute Gasteiger partial charge is 0.352 e. The lowest BCUT2D eigenvalue weighted by Crippen LogP contribution is -2.55. The van der Waals surface area contributed by atoms with Gasteiger partial charge in [0.1, 0.15) is 11.0 Å². The number of thiazole rings is 1. The summed E-state index contributed by atoms with van der Waals surface area (Å²) in [5, 5.41) is 12.1. The summed E-state index contributed by atoms with van der Waals surface area (Å²) in [6.45, 7) is 6.57. The third-order valence-electron chi connectivity index (χ3n) is 6.91. The van der Waals surface area contributed by atoms with E-state index in [9.17, 15) is 14.4 Å². The minimum absolute atomic E-state index is 0.0625. The van der Waals surface area contributed by atoms with Crippen LogP contribution in [0.1, 0.15) is 49.7 Å². The molecule has 1 aromatic carbocycles. The zero-order chi connectivity index (χ0) is 24.2. The Bertz CT molecular complexity index is 1040. The molecule has 0 saturated heterocycles. The Morgan fingerprint density at radius 3 is 2.79 bits per heavy atom. The van der Waals surface area contributed by atoms with E-state index in [1.807, 2.05) is 17.5 Å². The van der Waals surface area contributed by atoms with Crippen molar-refractivity contribution in [2.24, 2.45) is 5.92 Å². The fourth-order valence-corrected chi connectivity index (χ4v) is 5.42. The lowest BCUT2D eigenvalue weighted by Gasteiger charge is -2.30. The van der Waals surface area contributed by atoms with Crippen LogP contribution in [0, 0.1) is 5.92 Å². The van der Waals surface area contributed by atoms with Gasteiger partial charge in [0.2, 0.25) is 17.7 Å². The van der Waals surface area contributed by atoms with Crippen molar-refractivity contribution in [3.05, 3.63) is 45.9 Å². The first-order valence-electron chi connectivity index (χ1n) is 12.0. The smallest absolute Gasteiger partial charge is 0.244 e. The molecule has 2 aromatic rings. The summed E-state index contributed by atoms with van der Waals surface area (Å²) in [6.07, 6.45) is 4.55. The van der Waals surface area contributed by atoms with Crippen LogP contribution in [0.3, 0.4) is 0 Å². The number of para-hydroxylation sites is 1. The molecule has 34 heavy (non-hydrogen) atoms. The van der Waals surface area contributed by atoms with Gasteiger partial charge in [-0.15, -0.1) is 11.3 Å². The van der Waals surface area contributed by atoms with Crippen molar-refractivity contribution in [2.45, 2.75) is 71.1 Å². The van der Waals surface area contributed by atoms with Crippen molar-refractivity contribution in [1.82, 2.24) is 20.9 Å². The second kappa shape index (κ2) is 10.7. The first-order valence-corrected chi connectivity index (χ1v) is 12.9. The van der Waals surface area contributed by atoms with Gasteiger partial charge in [-0.25, -0.2) is 4.98 Å². The third kappa shape index (κ3) is 5.15. The molecule has 3 amide bonds. The zero-order valence-electron chi connectivity index (χ0n) is 20.0. The quantitative estimate of drug-likeness (QED) is 0.507. The van der Waals surface area contributed by atoms with E-state index in [1.165, 1.54) is 18.3 Å². The van der Waals surface area contributed by atoms with Crippen molar-refractivity contribution in [3.8, 4) is 0 Å². The molecule has 0 radical (unpaired) electrons. The second-order valence-electron chi connectivity index (χ2n) is 9.19. The van der Waals surface area contributed by atoms with Crippen molar-refractivity contribution < 1.29 is 14.4 Å². The normalized spacial score (nSPS) is 20.9. The summed E-state index contributed by atoms with van der Waals surface area (Å²) >= 11 is 1.49. The molecule has 0 spiro atoms. The van der Waals surface area contributed by atoms with E-state index in [2.05, 4.69) is 40.8 Å². The molecule has 3 N–H and O–H groups in total. The SMILES string of the molecule is CC[C@H](C)[C@@H](CN[C@H]1CCc2cccc3c2N(C1=O)[C@H](C(=O)NCc1nccs1)C3)NC(C)=O. The van der Waals surface area contributed by atoms with Gasteiger partial charge in [0.05, 0.1) is 18.3 Å². The van der Waals surface area contributed by atoms with Crippen LogP contribution < -0.4 is 20.9 Å². The van der Waals surface area contributed by atoms with Gasteiger partial charge >= 0.3 is 0 Å². The van der Waals surface area contributed by atoms with Crippen LogP contribution in [0.2, 0.25) is 0 Å². The first kappa shape index (κ1) is 24.3. The summed E-state index contributed by atoms with van der Waals surface area (Å²) in [4.78, 5) is 44.6. The standard InChI is InChI=1S/C25H33N5O3S/c1-4-15(2)20(29-16(3)31)13-27-19-9-8-17-6-5-7-18-12-21(30(23(17)18)25(19)33)24(32)28-14-22-26-10-11-34-22/h5-7,10-11,15,19-21,27H,4,8-9,12-14H2,1-3H3,(H,28,32)(H,29,31)/t15-,19-,20+,21-/m0/s1. The topological polar surface area (TPSA) is 103 Å². The van der Waals surface area contributed by atoms with Crippen LogP contribution in [0.25, 0.3) is 0 Å². The van der Waals surface area contributed by atoms with Crippen LogP contribution in [-0.4, -0.2) is 47.4 Å². The van der Waals surface area contributed by atoms with Crippen molar-refractivity contribution in [3.63, 3.8) is 0 Å². The summed E-state index contributed by atoms with van der Waals surface area (Å²) in [5.41, 5.74) is 3.04. The van der Waals surface area contributed by atoms with Crippen LogP contribution >= 0.6 is 11.3 Å². The lowest BCUT2D eigenvalue weighted by atomic mass is 9.98. The predicted molar refractivity (Wildman–Crippen MR) is 133 cm³/mol. The van der Waals surface area contributed by atoms with Crippen molar-refractivity contribution in [1.29, 1.82) is 0 Å². The molecule has 182 valence electrons. The van der Waals surface area contributed by atoms with Crippen LogP contribution in [0.4, 0.5) is 5.69 Å². The van der Waals surface area contributed by atoms with Gasteiger partial charge in [-0.1, -0.05) is 38.5 Å². The Kier molecular flexibility index (Phi) is 7.63. The number of rotatable bonds is 9. The fourth-order valence-electron chi connectivity index (χ4n) is 4.86. The molecule has 0 saturated carbocycles. The van der Waals surface area contributed by atoms with Gasteiger partial charge in [0.15, 0.2) is 0 Å². The van der Waals surface area contributed by atoms with Gasteiger partial charge in [0.25, 0.3) is 0 Å². The number of nitrogens with one attached hydrogen (secondary N) is 3. The first-order chi connectivity index (χ1) is 16.4. The number of carbonyl (C=O) groups is 3. The number of hydrogen-bond donors (Lipinski definition) is 3. The Balaban J connectivity index is 1.52. The predicted octanol–water partition coefficient (Wildman–Crippen LogP) is 2.17. The van der Waals surface area contributed by atoms with E-state index in [1.54, 1.807) is 11.1 Å². The number of aryl methyl sites for hydroxylation is 1. The molecule has 4 rings (SSSR count). The molecule has 9 heteroatoms. The minimum atomic E-state index is -0.577. The van der Waals surface area contributed by atoms with Crippen molar-refractivity contribution in [2.75, 3.05) is 11.4 Å². The molecule has 4 atom stereocenters. The monoisotopic (exact) mass is 483 g/mol. The highest BCUT2D eigenvalue weighted by Crippen LogP contribution is 2.39. The van der Waals surface area contributed by atoms with Gasteiger partial charge in [-0.3, -0.25) is 19.3 Å². The molecule has 8 nitrogen and oxygen atoms in total. The molecule has 0 bridgehead atoms. The molecule has 3 heterocycles. The maximum Gasteiger partial charge on any atom is 0.244 e. The molecule has 2 aliphatic rings. The molecule has 2 aliphatic heterocycles. The third-order valence-corrected chi connectivity index (χ3v) is 7.69. The highest BCUT2D eigenvalue weighted by Gasteiger charge is 2.43. The van der Waals surface area contributed by atoms with E-state index >= 15 is 0 Å². The highest BCUT2D eigenvalue weighted by molar-refractivity contribution is 7.09. The molecular formula is C25H33N5O3S. The van der Waals surface area contributed by atoms with E-state index < -0.39 is 12.1 Å². The second-order valence-corrected chi connectivity index (χ2v) is 10.2.